The molecule has 1 saturated heterocycles. The fraction of sp³-hybridized carbons (Fsp3) is 0.733. The smallest absolute Gasteiger partial charge is 0.312 e. The van der Waals surface area contributed by atoms with Crippen LogP contribution in [0.15, 0.2) is 0 Å². The maximum absolute atomic E-state index is 11.3. The van der Waals surface area contributed by atoms with Gasteiger partial charge in [-0.25, -0.2) is 4.98 Å². The Hall–Kier alpha value is -1.14. The fourth-order valence-electron chi connectivity index (χ4n) is 3.34. The molecule has 0 aromatic carbocycles. The van der Waals surface area contributed by atoms with Gasteiger partial charge in [-0.1, -0.05) is 6.42 Å². The van der Waals surface area contributed by atoms with Crippen molar-refractivity contribution in [1.29, 1.82) is 0 Å². The molecule has 6 heteroatoms. The van der Waals surface area contributed by atoms with Crippen molar-refractivity contribution in [2.24, 2.45) is 0 Å². The van der Waals surface area contributed by atoms with E-state index >= 15 is 0 Å². The highest BCUT2D eigenvalue weighted by atomic mass is 32.1. The predicted molar refractivity (Wildman–Crippen MR) is 84.2 cm³/mol. The van der Waals surface area contributed by atoms with E-state index in [1.807, 2.05) is 0 Å². The summed E-state index contributed by atoms with van der Waals surface area (Å²) in [5.41, 5.74) is 0.804. The quantitative estimate of drug-likeness (QED) is 0.895. The van der Waals surface area contributed by atoms with Crippen LogP contribution < -0.4 is 5.32 Å². The number of nitrogens with zero attached hydrogens (tertiary/aromatic N) is 2. The minimum absolute atomic E-state index is 0.405. The third kappa shape index (κ3) is 3.21. The molecule has 1 aliphatic heterocycles. The molecule has 1 fully saturated rings. The number of aliphatic carboxylic acids is 1. The first-order valence-corrected chi connectivity index (χ1v) is 8.63. The van der Waals surface area contributed by atoms with Gasteiger partial charge in [0.1, 0.15) is 5.92 Å². The van der Waals surface area contributed by atoms with Gasteiger partial charge in [0.25, 0.3) is 0 Å². The minimum atomic E-state index is -0.736. The van der Waals surface area contributed by atoms with Gasteiger partial charge in [-0.3, -0.25) is 4.79 Å². The van der Waals surface area contributed by atoms with Gasteiger partial charge in [-0.15, -0.1) is 11.3 Å². The Kier molecular flexibility index (Phi) is 4.45. The van der Waals surface area contributed by atoms with Gasteiger partial charge in [-0.2, -0.15) is 0 Å². The normalized spacial score (nSPS) is 26.3. The van der Waals surface area contributed by atoms with E-state index < -0.39 is 11.9 Å². The molecule has 2 atom stereocenters. The molecule has 3 rings (SSSR count). The number of hydrogen-bond acceptors (Lipinski definition) is 5. The number of hydrogen-bond donors (Lipinski definition) is 2. The Morgan fingerprint density at radius 1 is 1.43 bits per heavy atom. The van der Waals surface area contributed by atoms with E-state index in [1.165, 1.54) is 25.8 Å². The topological polar surface area (TPSA) is 65.5 Å². The Morgan fingerprint density at radius 3 is 3.05 bits per heavy atom. The van der Waals surface area contributed by atoms with Crippen LogP contribution in [0.3, 0.4) is 0 Å². The average molecular weight is 309 g/mol. The summed E-state index contributed by atoms with van der Waals surface area (Å²) in [5.74, 6) is -1.14. The molecule has 0 bridgehead atoms. The van der Waals surface area contributed by atoms with E-state index in [-0.39, 0.29) is 0 Å². The maximum atomic E-state index is 11.3. The summed E-state index contributed by atoms with van der Waals surface area (Å²) >= 11 is 1.64. The zero-order chi connectivity index (χ0) is 14.8. The van der Waals surface area contributed by atoms with E-state index in [9.17, 15) is 9.90 Å². The summed E-state index contributed by atoms with van der Waals surface area (Å²) in [4.78, 5) is 19.5. The lowest BCUT2D eigenvalue weighted by molar-refractivity contribution is -0.139. The van der Waals surface area contributed by atoms with Gasteiger partial charge < -0.3 is 15.3 Å². The summed E-state index contributed by atoms with van der Waals surface area (Å²) in [6.07, 6.45) is 6.47. The largest absolute Gasteiger partial charge is 0.481 e. The number of rotatable bonds is 4. The molecule has 0 radical (unpaired) electrons. The number of piperidine rings is 1. The lowest BCUT2D eigenvalue weighted by atomic mass is 9.91. The van der Waals surface area contributed by atoms with E-state index in [0.717, 1.165) is 41.5 Å². The standard InChI is InChI=1S/C15H23N3O2S/c1-18-8-3-2-5-10(18)9-16-15-17-13-11(14(19)20)6-4-7-12(13)21-15/h10-11H,2-9H2,1H3,(H,16,17)(H,19,20). The molecule has 1 aromatic rings. The van der Waals surface area contributed by atoms with E-state index in [1.54, 1.807) is 11.3 Å². The summed E-state index contributed by atoms with van der Waals surface area (Å²) in [7, 11) is 2.18. The van der Waals surface area contributed by atoms with Crippen LogP contribution in [0.1, 0.15) is 48.6 Å². The van der Waals surface area contributed by atoms with Crippen LogP contribution >= 0.6 is 11.3 Å². The molecule has 2 N–H and O–H groups in total. The average Bonchev–Trinajstić information content (AvgIpc) is 2.88. The minimum Gasteiger partial charge on any atom is -0.481 e. The molecule has 116 valence electrons. The molecule has 0 spiro atoms. The Morgan fingerprint density at radius 2 is 2.29 bits per heavy atom. The van der Waals surface area contributed by atoms with Gasteiger partial charge in [0.05, 0.1) is 5.69 Å². The maximum Gasteiger partial charge on any atom is 0.312 e. The molecule has 1 aliphatic carbocycles. The molecule has 5 nitrogen and oxygen atoms in total. The number of nitrogens with one attached hydrogen (secondary N) is 1. The molecule has 0 amide bonds. The summed E-state index contributed by atoms with van der Waals surface area (Å²) < 4.78 is 0. The van der Waals surface area contributed by atoms with Gasteiger partial charge in [0.15, 0.2) is 5.13 Å². The number of anilines is 1. The number of likely N-dealkylation sites (tertiary alicyclic amines) is 1. The summed E-state index contributed by atoms with van der Waals surface area (Å²) in [5, 5.41) is 13.6. The van der Waals surface area contributed by atoms with Crippen molar-refractivity contribution in [2.75, 3.05) is 25.5 Å². The Bertz CT molecular complexity index is 517. The first-order chi connectivity index (χ1) is 10.1. The molecular formula is C15H23N3O2S. The Labute approximate surface area is 129 Å². The second-order valence-electron chi connectivity index (χ2n) is 6.12. The molecule has 2 aliphatic rings. The number of carbonyl (C=O) groups is 1. The third-order valence-corrected chi connectivity index (χ3v) is 5.75. The number of aryl methyl sites for hydroxylation is 1. The predicted octanol–water partition coefficient (Wildman–Crippen LogP) is 2.54. The van der Waals surface area contributed by atoms with Crippen molar-refractivity contribution in [2.45, 2.75) is 50.5 Å². The molecular weight excluding hydrogens is 286 g/mol. The van der Waals surface area contributed by atoms with Crippen LogP contribution in [0.4, 0.5) is 5.13 Å². The summed E-state index contributed by atoms with van der Waals surface area (Å²) in [6, 6.07) is 0.565. The van der Waals surface area contributed by atoms with Crippen molar-refractivity contribution >= 4 is 22.4 Å². The van der Waals surface area contributed by atoms with Crippen LogP contribution in [0.5, 0.6) is 0 Å². The first kappa shape index (κ1) is 14.8. The zero-order valence-corrected chi connectivity index (χ0v) is 13.3. The van der Waals surface area contributed by atoms with Crippen LogP contribution in [0, 0.1) is 0 Å². The lowest BCUT2D eigenvalue weighted by Gasteiger charge is -2.32. The van der Waals surface area contributed by atoms with E-state index in [0.29, 0.717) is 6.04 Å². The number of carboxylic acid groups (broad SMARTS) is 1. The SMILES string of the molecule is CN1CCCCC1CNc1nc2c(s1)CCCC2C(=O)O. The van der Waals surface area contributed by atoms with E-state index in [2.05, 4.69) is 22.2 Å². The van der Waals surface area contributed by atoms with Gasteiger partial charge >= 0.3 is 5.97 Å². The van der Waals surface area contributed by atoms with Crippen molar-refractivity contribution in [1.82, 2.24) is 9.88 Å². The van der Waals surface area contributed by atoms with Crippen LogP contribution in [0.25, 0.3) is 0 Å². The molecule has 2 unspecified atom stereocenters. The van der Waals surface area contributed by atoms with Crippen LogP contribution in [0.2, 0.25) is 0 Å². The lowest BCUT2D eigenvalue weighted by Crippen LogP contribution is -2.40. The fourth-order valence-corrected chi connectivity index (χ4v) is 4.41. The summed E-state index contributed by atoms with van der Waals surface area (Å²) in [6.45, 7) is 2.07. The van der Waals surface area contributed by atoms with Crippen molar-refractivity contribution in [3.05, 3.63) is 10.6 Å². The van der Waals surface area contributed by atoms with Gasteiger partial charge in [0, 0.05) is 17.5 Å². The van der Waals surface area contributed by atoms with Crippen molar-refractivity contribution < 1.29 is 9.90 Å². The second-order valence-corrected chi connectivity index (χ2v) is 7.21. The first-order valence-electron chi connectivity index (χ1n) is 7.81. The molecule has 0 saturated carbocycles. The van der Waals surface area contributed by atoms with Crippen molar-refractivity contribution in [3.8, 4) is 0 Å². The third-order valence-electron chi connectivity index (χ3n) is 4.66. The number of thiazole rings is 1. The molecule has 1 aromatic heterocycles. The molecule has 2 heterocycles. The van der Waals surface area contributed by atoms with Crippen LogP contribution in [-0.2, 0) is 11.2 Å². The van der Waals surface area contributed by atoms with Gasteiger partial charge in [-0.05, 0) is 45.7 Å². The highest BCUT2D eigenvalue weighted by Gasteiger charge is 2.30. The number of aromatic nitrogens is 1. The van der Waals surface area contributed by atoms with E-state index in [4.69, 9.17) is 0 Å². The Balaban J connectivity index is 1.65. The second kappa shape index (κ2) is 6.32. The monoisotopic (exact) mass is 309 g/mol. The highest BCUT2D eigenvalue weighted by Crippen LogP contribution is 2.36. The van der Waals surface area contributed by atoms with Crippen molar-refractivity contribution in [3.63, 3.8) is 0 Å². The highest BCUT2D eigenvalue weighted by molar-refractivity contribution is 7.15. The van der Waals surface area contributed by atoms with Gasteiger partial charge in [0.2, 0.25) is 0 Å². The number of fused-ring (bicyclic) bond motifs is 1. The zero-order valence-electron chi connectivity index (χ0n) is 12.5. The molecule has 21 heavy (non-hydrogen) atoms. The number of likely N-dealkylation sites (N-methyl/N-ethyl adjacent to an activating group) is 1. The number of carboxylic acids is 1. The van der Waals surface area contributed by atoms with Crippen LogP contribution in [-0.4, -0.2) is 47.1 Å².